The van der Waals surface area contributed by atoms with Gasteiger partial charge in [0.25, 0.3) is 5.91 Å². The minimum Gasteiger partial charge on any atom is -0.494 e. The number of carbonyl (C=O) groups is 1. The van der Waals surface area contributed by atoms with Crippen LogP contribution in [-0.2, 0) is 0 Å². The van der Waals surface area contributed by atoms with Crippen LogP contribution in [0.5, 0.6) is 5.75 Å². The molecule has 0 radical (unpaired) electrons. The molecule has 1 amide bonds. The molecule has 0 aromatic carbocycles. The number of carbonyl (C=O) groups excluding carboxylic acids is 1. The first kappa shape index (κ1) is 12.8. The van der Waals surface area contributed by atoms with Gasteiger partial charge in [0.05, 0.1) is 31.5 Å². The number of aliphatic hydroxyl groups is 1. The van der Waals surface area contributed by atoms with Gasteiger partial charge in [-0.3, -0.25) is 9.78 Å². The van der Waals surface area contributed by atoms with Crippen molar-refractivity contribution in [1.82, 2.24) is 9.88 Å². The van der Waals surface area contributed by atoms with Crippen LogP contribution in [0.3, 0.4) is 0 Å². The predicted molar refractivity (Wildman–Crippen MR) is 66.6 cm³/mol. The lowest BCUT2D eigenvalue weighted by molar-refractivity contribution is 0.0500. The summed E-state index contributed by atoms with van der Waals surface area (Å²) in [6, 6.07) is 1.58. The van der Waals surface area contributed by atoms with E-state index in [1.807, 2.05) is 0 Å². The number of aromatic nitrogens is 1. The van der Waals surface area contributed by atoms with E-state index in [2.05, 4.69) is 4.98 Å². The molecule has 2 heterocycles. The van der Waals surface area contributed by atoms with Crippen LogP contribution < -0.4 is 4.74 Å². The van der Waals surface area contributed by atoms with E-state index in [-0.39, 0.29) is 18.6 Å². The smallest absolute Gasteiger partial charge is 0.258 e. The van der Waals surface area contributed by atoms with Crippen LogP contribution in [0.4, 0.5) is 0 Å². The van der Waals surface area contributed by atoms with E-state index in [9.17, 15) is 9.90 Å². The maximum atomic E-state index is 12.5. The molecule has 0 aliphatic carbocycles. The van der Waals surface area contributed by atoms with Gasteiger partial charge in [0, 0.05) is 12.7 Å². The summed E-state index contributed by atoms with van der Waals surface area (Å²) in [6.07, 6.45) is 6.01. The van der Waals surface area contributed by atoms with E-state index in [0.29, 0.717) is 17.9 Å². The number of methoxy groups -OCH3 is 1. The van der Waals surface area contributed by atoms with Crippen LogP contribution >= 0.6 is 0 Å². The number of ether oxygens (including phenoxy) is 1. The predicted octanol–water partition coefficient (Wildman–Crippen LogP) is 1.08. The average Bonchev–Trinajstić information content (AvgIpc) is 2.46. The van der Waals surface area contributed by atoms with Crippen molar-refractivity contribution in [1.29, 1.82) is 0 Å². The second kappa shape index (κ2) is 5.82. The molecular weight excluding hydrogens is 232 g/mol. The summed E-state index contributed by atoms with van der Waals surface area (Å²) < 4.78 is 5.15. The van der Waals surface area contributed by atoms with Crippen molar-refractivity contribution in [3.63, 3.8) is 0 Å². The van der Waals surface area contributed by atoms with E-state index in [1.54, 1.807) is 17.2 Å². The standard InChI is InChI=1S/C13H18N2O3/c1-18-12-8-14-6-5-11(12)13(17)15-7-3-2-4-10(15)9-16/h5-6,8,10,16H,2-4,7,9H2,1H3. The van der Waals surface area contributed by atoms with E-state index in [0.717, 1.165) is 19.3 Å². The highest BCUT2D eigenvalue weighted by Gasteiger charge is 2.28. The second-order valence-corrected chi connectivity index (χ2v) is 4.41. The Kier molecular flexibility index (Phi) is 4.15. The van der Waals surface area contributed by atoms with Gasteiger partial charge < -0.3 is 14.7 Å². The van der Waals surface area contributed by atoms with E-state index in [4.69, 9.17) is 4.74 Å². The van der Waals surface area contributed by atoms with Crippen molar-refractivity contribution in [2.75, 3.05) is 20.3 Å². The lowest BCUT2D eigenvalue weighted by Crippen LogP contribution is -2.45. The molecule has 2 rings (SSSR count). The number of aliphatic hydroxyl groups excluding tert-OH is 1. The Bertz CT molecular complexity index is 422. The average molecular weight is 250 g/mol. The molecule has 1 aromatic rings. The quantitative estimate of drug-likeness (QED) is 0.872. The third-order valence-corrected chi connectivity index (χ3v) is 3.33. The number of hydrogen-bond acceptors (Lipinski definition) is 4. The third kappa shape index (κ3) is 2.46. The van der Waals surface area contributed by atoms with Gasteiger partial charge in [0.15, 0.2) is 0 Å². The summed E-state index contributed by atoms with van der Waals surface area (Å²) in [5, 5.41) is 9.35. The molecule has 1 aliphatic heterocycles. The largest absolute Gasteiger partial charge is 0.494 e. The molecule has 1 aromatic heterocycles. The Morgan fingerprint density at radius 1 is 1.61 bits per heavy atom. The summed E-state index contributed by atoms with van der Waals surface area (Å²) in [7, 11) is 1.52. The molecule has 1 aliphatic rings. The molecule has 5 nitrogen and oxygen atoms in total. The Morgan fingerprint density at radius 3 is 3.17 bits per heavy atom. The molecule has 1 saturated heterocycles. The number of nitrogens with zero attached hydrogens (tertiary/aromatic N) is 2. The zero-order valence-corrected chi connectivity index (χ0v) is 10.5. The summed E-state index contributed by atoms with van der Waals surface area (Å²) in [5.74, 6) is 0.387. The molecule has 1 unspecified atom stereocenters. The van der Waals surface area contributed by atoms with Gasteiger partial charge in [-0.2, -0.15) is 0 Å². The highest BCUT2D eigenvalue weighted by molar-refractivity contribution is 5.97. The van der Waals surface area contributed by atoms with Gasteiger partial charge >= 0.3 is 0 Å². The monoisotopic (exact) mass is 250 g/mol. The van der Waals surface area contributed by atoms with Crippen LogP contribution in [0.2, 0.25) is 0 Å². The maximum absolute atomic E-state index is 12.5. The fraction of sp³-hybridized carbons (Fsp3) is 0.538. The number of pyridine rings is 1. The van der Waals surface area contributed by atoms with Crippen LogP contribution in [0.25, 0.3) is 0 Å². The van der Waals surface area contributed by atoms with Crippen molar-refractivity contribution in [3.8, 4) is 5.75 Å². The number of likely N-dealkylation sites (tertiary alicyclic amines) is 1. The van der Waals surface area contributed by atoms with Crippen molar-refractivity contribution in [2.24, 2.45) is 0 Å². The van der Waals surface area contributed by atoms with E-state index >= 15 is 0 Å². The summed E-state index contributed by atoms with van der Waals surface area (Å²) in [5.41, 5.74) is 0.507. The van der Waals surface area contributed by atoms with Gasteiger partial charge in [-0.05, 0) is 25.3 Å². The fourth-order valence-electron chi connectivity index (χ4n) is 2.33. The van der Waals surface area contributed by atoms with Crippen LogP contribution in [0.15, 0.2) is 18.5 Å². The SMILES string of the molecule is COc1cnccc1C(=O)N1CCCCC1CO. The minimum atomic E-state index is -0.0898. The van der Waals surface area contributed by atoms with E-state index in [1.165, 1.54) is 13.3 Å². The normalized spacial score (nSPS) is 19.7. The zero-order chi connectivity index (χ0) is 13.0. The van der Waals surface area contributed by atoms with Gasteiger partial charge in [-0.1, -0.05) is 0 Å². The molecule has 18 heavy (non-hydrogen) atoms. The molecule has 5 heteroatoms. The highest BCUT2D eigenvalue weighted by Crippen LogP contribution is 2.23. The Hall–Kier alpha value is -1.62. The minimum absolute atomic E-state index is 0.0130. The summed E-state index contributed by atoms with van der Waals surface area (Å²) in [6.45, 7) is 0.703. The van der Waals surface area contributed by atoms with Crippen molar-refractivity contribution < 1.29 is 14.6 Å². The van der Waals surface area contributed by atoms with Crippen molar-refractivity contribution in [2.45, 2.75) is 25.3 Å². The van der Waals surface area contributed by atoms with Gasteiger partial charge in [0.2, 0.25) is 0 Å². The van der Waals surface area contributed by atoms with Crippen LogP contribution in [0.1, 0.15) is 29.6 Å². The molecule has 1 fully saturated rings. The number of hydrogen-bond donors (Lipinski definition) is 1. The summed E-state index contributed by atoms with van der Waals surface area (Å²) in [4.78, 5) is 18.1. The maximum Gasteiger partial charge on any atom is 0.258 e. The highest BCUT2D eigenvalue weighted by atomic mass is 16.5. The molecule has 0 bridgehead atoms. The third-order valence-electron chi connectivity index (χ3n) is 3.33. The lowest BCUT2D eigenvalue weighted by Gasteiger charge is -2.34. The lowest BCUT2D eigenvalue weighted by atomic mass is 10.0. The Morgan fingerprint density at radius 2 is 2.44 bits per heavy atom. The summed E-state index contributed by atoms with van der Waals surface area (Å²) >= 11 is 0. The Balaban J connectivity index is 2.24. The molecule has 98 valence electrons. The fourth-order valence-corrected chi connectivity index (χ4v) is 2.33. The molecule has 0 spiro atoms. The topological polar surface area (TPSA) is 62.7 Å². The molecule has 1 N–H and O–H groups in total. The zero-order valence-electron chi connectivity index (χ0n) is 10.5. The number of rotatable bonds is 3. The van der Waals surface area contributed by atoms with E-state index < -0.39 is 0 Å². The number of amides is 1. The van der Waals surface area contributed by atoms with Crippen molar-refractivity contribution >= 4 is 5.91 Å². The first-order valence-electron chi connectivity index (χ1n) is 6.17. The molecule has 1 atom stereocenters. The molecule has 0 saturated carbocycles. The first-order valence-corrected chi connectivity index (χ1v) is 6.17. The van der Waals surface area contributed by atoms with Gasteiger partial charge in [0.1, 0.15) is 5.75 Å². The first-order chi connectivity index (χ1) is 8.77. The second-order valence-electron chi connectivity index (χ2n) is 4.41. The number of piperidine rings is 1. The van der Waals surface area contributed by atoms with Gasteiger partial charge in [-0.25, -0.2) is 0 Å². The van der Waals surface area contributed by atoms with Gasteiger partial charge in [-0.15, -0.1) is 0 Å². The Labute approximate surface area is 106 Å². The van der Waals surface area contributed by atoms with Crippen LogP contribution in [-0.4, -0.2) is 47.2 Å². The van der Waals surface area contributed by atoms with Crippen molar-refractivity contribution in [3.05, 3.63) is 24.0 Å². The molecular formula is C13H18N2O3. The van der Waals surface area contributed by atoms with Crippen LogP contribution in [0, 0.1) is 0 Å².